The highest BCUT2D eigenvalue weighted by molar-refractivity contribution is 5.98. The molecular formula is C20H22N4O4. The van der Waals surface area contributed by atoms with E-state index >= 15 is 0 Å². The van der Waals surface area contributed by atoms with Gasteiger partial charge in [-0.2, -0.15) is 5.10 Å². The van der Waals surface area contributed by atoms with Crippen LogP contribution in [0.25, 0.3) is 11.1 Å². The monoisotopic (exact) mass is 382 g/mol. The fourth-order valence-electron chi connectivity index (χ4n) is 3.20. The highest BCUT2D eigenvalue weighted by Gasteiger charge is 2.33. The van der Waals surface area contributed by atoms with Crippen molar-refractivity contribution < 1.29 is 19.1 Å². The van der Waals surface area contributed by atoms with Gasteiger partial charge in [0, 0.05) is 43.5 Å². The van der Waals surface area contributed by atoms with Gasteiger partial charge in [0.1, 0.15) is 6.04 Å². The highest BCUT2D eigenvalue weighted by Crippen LogP contribution is 2.29. The number of aromatic nitrogens is 2. The lowest BCUT2D eigenvalue weighted by Crippen LogP contribution is -2.51. The van der Waals surface area contributed by atoms with Crippen molar-refractivity contribution in [2.45, 2.75) is 13.0 Å². The van der Waals surface area contributed by atoms with Gasteiger partial charge in [-0.15, -0.1) is 0 Å². The summed E-state index contributed by atoms with van der Waals surface area (Å²) < 4.78 is 6.30. The molecule has 1 atom stereocenters. The molecule has 1 aliphatic rings. The second-order valence-electron chi connectivity index (χ2n) is 6.47. The number of aryl methyl sites for hydroxylation is 1. The topological polar surface area (TPSA) is 93.5 Å². The molecule has 1 aliphatic heterocycles. The fourth-order valence-corrected chi connectivity index (χ4v) is 3.20. The van der Waals surface area contributed by atoms with E-state index in [0.717, 1.165) is 29.0 Å². The molecule has 0 bridgehead atoms. The number of nitrogens with zero attached hydrogens (tertiary/aromatic N) is 3. The molecule has 1 saturated heterocycles. The first-order chi connectivity index (χ1) is 13.4. The maximum Gasteiger partial charge on any atom is 0.330 e. The predicted molar refractivity (Wildman–Crippen MR) is 102 cm³/mol. The number of ether oxygens (including phenoxy) is 1. The van der Waals surface area contributed by atoms with E-state index in [1.807, 2.05) is 38.2 Å². The Morgan fingerprint density at radius 1 is 1.32 bits per heavy atom. The van der Waals surface area contributed by atoms with E-state index in [-0.39, 0.29) is 5.91 Å². The average molecular weight is 382 g/mol. The largest absolute Gasteiger partial charge is 0.466 e. The Morgan fingerprint density at radius 2 is 2.11 bits per heavy atom. The van der Waals surface area contributed by atoms with E-state index in [9.17, 15) is 14.4 Å². The maximum absolute atomic E-state index is 12.6. The van der Waals surface area contributed by atoms with E-state index in [0.29, 0.717) is 18.7 Å². The minimum Gasteiger partial charge on any atom is -0.466 e. The molecule has 0 saturated carbocycles. The number of piperazine rings is 1. The molecular weight excluding hydrogens is 360 g/mol. The third-order valence-corrected chi connectivity index (χ3v) is 4.81. The van der Waals surface area contributed by atoms with Crippen LogP contribution in [0, 0.1) is 6.92 Å². The lowest BCUT2D eigenvalue weighted by Gasteiger charge is -2.34. The van der Waals surface area contributed by atoms with Gasteiger partial charge in [0.15, 0.2) is 0 Å². The second-order valence-corrected chi connectivity index (χ2v) is 6.47. The number of rotatable bonds is 4. The van der Waals surface area contributed by atoms with Gasteiger partial charge in [-0.05, 0) is 24.1 Å². The van der Waals surface area contributed by atoms with Crippen molar-refractivity contribution in [2.75, 3.05) is 20.2 Å². The number of carbonyl (C=O) groups excluding carboxylic acids is 3. The number of nitrogens with one attached hydrogen (secondary N) is 1. The van der Waals surface area contributed by atoms with E-state index in [1.165, 1.54) is 12.0 Å². The lowest BCUT2D eigenvalue weighted by atomic mass is 9.97. The Labute approximate surface area is 162 Å². The highest BCUT2D eigenvalue weighted by atomic mass is 16.5. The lowest BCUT2D eigenvalue weighted by molar-refractivity contribution is -0.140. The van der Waals surface area contributed by atoms with Crippen LogP contribution in [0.2, 0.25) is 0 Å². The zero-order valence-electron chi connectivity index (χ0n) is 16.0. The van der Waals surface area contributed by atoms with Crippen LogP contribution in [0.15, 0.2) is 42.6 Å². The SMILES string of the molecule is COC(=O)/C=C/C(=O)N1CCNC(=O)C1c1cccc(-c2cnn(C)c2C)c1. The van der Waals surface area contributed by atoms with Gasteiger partial charge in [-0.1, -0.05) is 18.2 Å². The summed E-state index contributed by atoms with van der Waals surface area (Å²) in [5.74, 6) is -1.31. The van der Waals surface area contributed by atoms with Crippen molar-refractivity contribution in [2.24, 2.45) is 7.05 Å². The number of carbonyl (C=O) groups is 3. The van der Waals surface area contributed by atoms with Gasteiger partial charge in [-0.25, -0.2) is 4.79 Å². The number of methoxy groups -OCH3 is 1. The second kappa shape index (κ2) is 8.08. The summed E-state index contributed by atoms with van der Waals surface area (Å²) in [4.78, 5) is 37.9. The van der Waals surface area contributed by atoms with Crippen LogP contribution in [0.5, 0.6) is 0 Å². The first-order valence-electron chi connectivity index (χ1n) is 8.85. The zero-order valence-corrected chi connectivity index (χ0v) is 16.0. The standard InChI is InChI=1S/C20H22N4O4/c1-13-16(12-22-23(13)2)14-5-4-6-15(11-14)19-20(27)21-9-10-24(19)17(25)7-8-18(26)28-3/h4-8,11-12,19H,9-10H2,1-3H3,(H,21,27)/b8-7+. The fraction of sp³-hybridized carbons (Fsp3) is 0.300. The quantitative estimate of drug-likeness (QED) is 0.632. The molecule has 1 aromatic carbocycles. The number of hydrogen-bond acceptors (Lipinski definition) is 5. The van der Waals surface area contributed by atoms with Gasteiger partial charge >= 0.3 is 5.97 Å². The molecule has 8 heteroatoms. The minimum atomic E-state index is -0.777. The van der Waals surface area contributed by atoms with Crippen molar-refractivity contribution in [3.8, 4) is 11.1 Å². The van der Waals surface area contributed by atoms with Crippen molar-refractivity contribution in [1.82, 2.24) is 20.0 Å². The summed E-state index contributed by atoms with van der Waals surface area (Å²) in [6, 6.07) is 6.73. The number of hydrogen-bond donors (Lipinski definition) is 1. The number of esters is 1. The summed E-state index contributed by atoms with van der Waals surface area (Å²) in [6.07, 6.45) is 3.96. The molecule has 2 amide bonds. The molecule has 8 nitrogen and oxygen atoms in total. The molecule has 0 radical (unpaired) electrons. The number of benzene rings is 1. The third-order valence-electron chi connectivity index (χ3n) is 4.81. The van der Waals surface area contributed by atoms with Crippen molar-refractivity contribution in [1.29, 1.82) is 0 Å². The Balaban J connectivity index is 1.94. The first-order valence-corrected chi connectivity index (χ1v) is 8.85. The summed E-state index contributed by atoms with van der Waals surface area (Å²) in [6.45, 7) is 2.67. The molecule has 1 N–H and O–H groups in total. The maximum atomic E-state index is 12.6. The Morgan fingerprint density at radius 3 is 2.79 bits per heavy atom. The molecule has 2 aromatic rings. The molecule has 28 heavy (non-hydrogen) atoms. The number of amides is 2. The van der Waals surface area contributed by atoms with E-state index in [1.54, 1.807) is 10.9 Å². The summed E-state index contributed by atoms with van der Waals surface area (Å²) in [5.41, 5.74) is 3.57. The van der Waals surface area contributed by atoms with E-state index in [4.69, 9.17) is 0 Å². The van der Waals surface area contributed by atoms with Crippen LogP contribution in [-0.4, -0.2) is 52.7 Å². The van der Waals surface area contributed by atoms with E-state index in [2.05, 4.69) is 15.2 Å². The molecule has 0 aliphatic carbocycles. The zero-order chi connectivity index (χ0) is 20.3. The molecule has 146 valence electrons. The van der Waals surface area contributed by atoms with Crippen LogP contribution in [-0.2, 0) is 26.2 Å². The normalized spacial score (nSPS) is 16.9. The average Bonchev–Trinajstić information content (AvgIpc) is 3.04. The summed E-state index contributed by atoms with van der Waals surface area (Å²) in [7, 11) is 3.10. The van der Waals surface area contributed by atoms with Gasteiger partial charge in [0.05, 0.1) is 13.3 Å². The van der Waals surface area contributed by atoms with Crippen LogP contribution < -0.4 is 5.32 Å². The molecule has 2 heterocycles. The molecule has 3 rings (SSSR count). The third kappa shape index (κ3) is 3.80. The van der Waals surface area contributed by atoms with Crippen molar-refractivity contribution in [3.05, 3.63) is 53.9 Å². The Bertz CT molecular complexity index is 947. The Hall–Kier alpha value is -3.42. The van der Waals surface area contributed by atoms with Gasteiger partial charge in [0.2, 0.25) is 11.8 Å². The van der Waals surface area contributed by atoms with Crippen LogP contribution >= 0.6 is 0 Å². The smallest absolute Gasteiger partial charge is 0.330 e. The van der Waals surface area contributed by atoms with Crippen LogP contribution in [0.4, 0.5) is 0 Å². The van der Waals surface area contributed by atoms with Crippen LogP contribution in [0.1, 0.15) is 17.3 Å². The summed E-state index contributed by atoms with van der Waals surface area (Å²) >= 11 is 0. The molecule has 1 unspecified atom stereocenters. The van der Waals surface area contributed by atoms with Crippen LogP contribution in [0.3, 0.4) is 0 Å². The molecule has 1 fully saturated rings. The van der Waals surface area contributed by atoms with Crippen molar-refractivity contribution >= 4 is 17.8 Å². The molecule has 1 aromatic heterocycles. The minimum absolute atomic E-state index is 0.258. The van der Waals surface area contributed by atoms with Gasteiger partial charge in [0.25, 0.3) is 0 Å². The Kier molecular flexibility index (Phi) is 5.58. The van der Waals surface area contributed by atoms with Gasteiger partial charge < -0.3 is 15.0 Å². The van der Waals surface area contributed by atoms with Gasteiger partial charge in [-0.3, -0.25) is 14.3 Å². The first kappa shape index (κ1) is 19.3. The van der Waals surface area contributed by atoms with Crippen molar-refractivity contribution in [3.63, 3.8) is 0 Å². The predicted octanol–water partition coefficient (Wildman–Crippen LogP) is 1.12. The molecule has 0 spiro atoms. The van der Waals surface area contributed by atoms with E-state index < -0.39 is 17.9 Å². The summed E-state index contributed by atoms with van der Waals surface area (Å²) in [5, 5.41) is 7.06.